The maximum atomic E-state index is 13.2. The molecule has 0 saturated heterocycles. The Morgan fingerprint density at radius 2 is 1.80 bits per heavy atom. The van der Waals surface area contributed by atoms with Crippen molar-refractivity contribution in [3.8, 4) is 0 Å². The van der Waals surface area contributed by atoms with Crippen molar-refractivity contribution in [3.05, 3.63) is 64.7 Å². The van der Waals surface area contributed by atoms with E-state index >= 15 is 0 Å². The van der Waals surface area contributed by atoms with Gasteiger partial charge in [0.25, 0.3) is 0 Å². The van der Waals surface area contributed by atoms with Crippen molar-refractivity contribution >= 4 is 34.9 Å². The number of carbonyl (C=O) groups excluding carboxylic acids is 2. The first-order chi connectivity index (χ1) is 16.6. The van der Waals surface area contributed by atoms with Crippen LogP contribution >= 0.6 is 11.6 Å². The Morgan fingerprint density at radius 3 is 2.37 bits per heavy atom. The van der Waals surface area contributed by atoms with Gasteiger partial charge in [0.1, 0.15) is 12.0 Å². The lowest BCUT2D eigenvalue weighted by Crippen LogP contribution is -2.45. The third-order valence-electron chi connectivity index (χ3n) is 5.49. The van der Waals surface area contributed by atoms with Crippen LogP contribution in [0.25, 0.3) is 0 Å². The molecule has 1 aliphatic heterocycles. The van der Waals surface area contributed by atoms with Crippen molar-refractivity contribution in [1.82, 2.24) is 5.01 Å². The van der Waals surface area contributed by atoms with Crippen LogP contribution in [0.3, 0.4) is 0 Å². The smallest absolute Gasteiger partial charge is 0.416 e. The van der Waals surface area contributed by atoms with E-state index in [1.807, 2.05) is 0 Å². The number of methoxy groups -OCH3 is 1. The summed E-state index contributed by atoms with van der Waals surface area (Å²) < 4.78 is 48.9. The van der Waals surface area contributed by atoms with E-state index in [1.54, 1.807) is 31.2 Å². The fourth-order valence-electron chi connectivity index (χ4n) is 3.81. The molecule has 0 radical (unpaired) electrons. The predicted molar refractivity (Wildman–Crippen MR) is 125 cm³/mol. The standard InChI is InChI=1S/C24H25ClF3N3O4/c1-3-35-22(33)23(12-13-34-2)15-31(30-21(23)16-4-8-18(25)9-5-16)14-20(32)29-19-10-6-17(7-11-19)24(26,27)28/h4-11H,3,12-15H2,1-2H3,(H,29,32). The lowest BCUT2D eigenvalue weighted by atomic mass is 9.77. The summed E-state index contributed by atoms with van der Waals surface area (Å²) in [6.45, 7) is 1.94. The third-order valence-corrected chi connectivity index (χ3v) is 5.74. The van der Waals surface area contributed by atoms with Gasteiger partial charge in [-0.3, -0.25) is 14.6 Å². The summed E-state index contributed by atoms with van der Waals surface area (Å²) in [5.41, 5.74) is -0.727. The van der Waals surface area contributed by atoms with Gasteiger partial charge in [0.05, 0.1) is 24.4 Å². The molecule has 3 rings (SSSR count). The van der Waals surface area contributed by atoms with Crippen molar-refractivity contribution in [2.75, 3.05) is 38.7 Å². The van der Waals surface area contributed by atoms with Crippen LogP contribution in [0, 0.1) is 5.41 Å². The second-order valence-corrected chi connectivity index (χ2v) is 8.38. The van der Waals surface area contributed by atoms with Gasteiger partial charge in [0, 0.05) is 24.4 Å². The van der Waals surface area contributed by atoms with Gasteiger partial charge in [-0.05, 0) is 55.3 Å². The molecule has 1 atom stereocenters. The van der Waals surface area contributed by atoms with Crippen molar-refractivity contribution in [3.63, 3.8) is 0 Å². The minimum Gasteiger partial charge on any atom is -0.465 e. The summed E-state index contributed by atoms with van der Waals surface area (Å²) in [6.07, 6.45) is -4.20. The fourth-order valence-corrected chi connectivity index (χ4v) is 3.93. The van der Waals surface area contributed by atoms with Crippen molar-refractivity contribution in [2.24, 2.45) is 10.5 Å². The first-order valence-corrected chi connectivity index (χ1v) is 11.2. The molecule has 0 fully saturated rings. The quantitative estimate of drug-likeness (QED) is 0.498. The van der Waals surface area contributed by atoms with Gasteiger partial charge in [-0.1, -0.05) is 23.7 Å². The Kier molecular flexibility index (Phi) is 8.39. The average molecular weight is 512 g/mol. The number of hydrogen-bond donors (Lipinski definition) is 1. The Balaban J connectivity index is 1.84. The average Bonchev–Trinajstić information content (AvgIpc) is 3.17. The van der Waals surface area contributed by atoms with E-state index in [0.29, 0.717) is 16.3 Å². The number of nitrogens with zero attached hydrogens (tertiary/aromatic N) is 2. The summed E-state index contributed by atoms with van der Waals surface area (Å²) in [4.78, 5) is 25.8. The SMILES string of the molecule is CCOC(=O)C1(CCOC)CN(CC(=O)Nc2ccc(C(F)(F)F)cc2)N=C1c1ccc(Cl)cc1. The number of nitrogens with one attached hydrogen (secondary N) is 1. The van der Waals surface area contributed by atoms with E-state index in [4.69, 9.17) is 21.1 Å². The number of carbonyl (C=O) groups is 2. The zero-order chi connectivity index (χ0) is 25.6. The molecular weight excluding hydrogens is 487 g/mol. The summed E-state index contributed by atoms with van der Waals surface area (Å²) in [5, 5.41) is 9.08. The van der Waals surface area contributed by atoms with E-state index in [9.17, 15) is 22.8 Å². The number of esters is 1. The fraction of sp³-hybridized carbons (Fsp3) is 0.375. The van der Waals surface area contributed by atoms with Crippen LogP contribution in [0.2, 0.25) is 5.02 Å². The number of anilines is 1. The Labute approximate surface area is 205 Å². The molecule has 35 heavy (non-hydrogen) atoms. The minimum atomic E-state index is -4.47. The number of hydrogen-bond acceptors (Lipinski definition) is 6. The molecule has 1 amide bonds. The number of hydrazone groups is 1. The highest BCUT2D eigenvalue weighted by Gasteiger charge is 2.51. The predicted octanol–water partition coefficient (Wildman–Crippen LogP) is 4.60. The van der Waals surface area contributed by atoms with E-state index in [-0.39, 0.29) is 38.4 Å². The normalized spacial score (nSPS) is 17.8. The van der Waals surface area contributed by atoms with Gasteiger partial charge in [0.15, 0.2) is 0 Å². The molecule has 1 unspecified atom stereocenters. The van der Waals surface area contributed by atoms with Gasteiger partial charge in [-0.2, -0.15) is 18.3 Å². The van der Waals surface area contributed by atoms with Gasteiger partial charge in [-0.15, -0.1) is 0 Å². The molecule has 11 heteroatoms. The van der Waals surface area contributed by atoms with Gasteiger partial charge in [0.2, 0.25) is 5.91 Å². The summed E-state index contributed by atoms with van der Waals surface area (Å²) in [7, 11) is 1.52. The minimum absolute atomic E-state index is 0.0631. The van der Waals surface area contributed by atoms with Crippen molar-refractivity contribution in [2.45, 2.75) is 19.5 Å². The molecular formula is C24H25ClF3N3O4. The Morgan fingerprint density at radius 1 is 1.14 bits per heavy atom. The molecule has 7 nitrogen and oxygen atoms in total. The van der Waals surface area contributed by atoms with Crippen LogP contribution in [0.1, 0.15) is 24.5 Å². The topological polar surface area (TPSA) is 80.2 Å². The molecule has 1 heterocycles. The third kappa shape index (κ3) is 6.32. The van der Waals surface area contributed by atoms with E-state index in [0.717, 1.165) is 12.1 Å². The number of ether oxygens (including phenoxy) is 2. The van der Waals surface area contributed by atoms with Crippen molar-refractivity contribution in [1.29, 1.82) is 0 Å². The van der Waals surface area contributed by atoms with E-state index in [1.165, 1.54) is 24.3 Å². The number of benzene rings is 2. The molecule has 0 bridgehead atoms. The first-order valence-electron chi connectivity index (χ1n) is 10.8. The highest BCUT2D eigenvalue weighted by molar-refractivity contribution is 6.30. The van der Waals surface area contributed by atoms with Crippen LogP contribution in [0.4, 0.5) is 18.9 Å². The van der Waals surface area contributed by atoms with Crippen LogP contribution in [-0.4, -0.2) is 56.0 Å². The van der Waals surface area contributed by atoms with Crippen LogP contribution < -0.4 is 5.32 Å². The van der Waals surface area contributed by atoms with Crippen LogP contribution in [0.5, 0.6) is 0 Å². The lowest BCUT2D eigenvalue weighted by Gasteiger charge is -2.28. The van der Waals surface area contributed by atoms with Crippen molar-refractivity contribution < 1.29 is 32.2 Å². The first kappa shape index (κ1) is 26.5. The second kappa shape index (κ2) is 11.1. The summed E-state index contributed by atoms with van der Waals surface area (Å²) >= 11 is 6.02. The van der Waals surface area contributed by atoms with Gasteiger partial charge >= 0.3 is 12.1 Å². The largest absolute Gasteiger partial charge is 0.465 e. The zero-order valence-electron chi connectivity index (χ0n) is 19.2. The zero-order valence-corrected chi connectivity index (χ0v) is 19.9. The molecule has 1 N–H and O–H groups in total. The molecule has 0 saturated carbocycles. The number of halogens is 4. The summed E-state index contributed by atoms with van der Waals surface area (Å²) in [6, 6.07) is 10.9. The van der Waals surface area contributed by atoms with Gasteiger partial charge in [-0.25, -0.2) is 0 Å². The number of alkyl halides is 3. The Hall–Kier alpha value is -3.11. The molecule has 0 spiro atoms. The van der Waals surface area contributed by atoms with E-state index < -0.39 is 29.0 Å². The van der Waals surface area contributed by atoms with E-state index in [2.05, 4.69) is 10.4 Å². The molecule has 0 aromatic heterocycles. The lowest BCUT2D eigenvalue weighted by molar-refractivity contribution is -0.152. The molecule has 0 aliphatic carbocycles. The molecule has 188 valence electrons. The van der Waals surface area contributed by atoms with Crippen LogP contribution in [-0.2, 0) is 25.2 Å². The highest BCUT2D eigenvalue weighted by atomic mass is 35.5. The second-order valence-electron chi connectivity index (χ2n) is 7.95. The number of rotatable bonds is 9. The maximum absolute atomic E-state index is 13.2. The monoisotopic (exact) mass is 511 g/mol. The Bertz CT molecular complexity index is 1070. The van der Waals surface area contributed by atoms with Crippen LogP contribution in [0.15, 0.2) is 53.6 Å². The maximum Gasteiger partial charge on any atom is 0.416 e. The molecule has 2 aromatic rings. The molecule has 2 aromatic carbocycles. The summed E-state index contributed by atoms with van der Waals surface area (Å²) in [5.74, 6) is -0.994. The highest BCUT2D eigenvalue weighted by Crippen LogP contribution is 2.37. The molecule has 1 aliphatic rings. The number of amides is 1. The van der Waals surface area contributed by atoms with Gasteiger partial charge < -0.3 is 14.8 Å².